The standard InChI is InChI=1S/C11H10ClN3O4S/c1-15-10(13-14-11(15)20(12,16)17)9-6-18-7-4-2-3-5-8(7)19-9/h2-5,9H,6H2,1H3. The highest BCUT2D eigenvalue weighted by molar-refractivity contribution is 8.13. The summed E-state index contributed by atoms with van der Waals surface area (Å²) in [7, 11) is 2.84. The van der Waals surface area contributed by atoms with E-state index in [4.69, 9.17) is 20.2 Å². The zero-order valence-corrected chi connectivity index (χ0v) is 11.9. The topological polar surface area (TPSA) is 83.3 Å². The minimum Gasteiger partial charge on any atom is -0.485 e. The molecule has 1 atom stereocenters. The lowest BCUT2D eigenvalue weighted by atomic mass is 10.2. The lowest BCUT2D eigenvalue weighted by Gasteiger charge is -2.25. The van der Waals surface area contributed by atoms with Gasteiger partial charge in [-0.25, -0.2) is 8.42 Å². The molecule has 1 unspecified atom stereocenters. The van der Waals surface area contributed by atoms with Gasteiger partial charge in [-0.15, -0.1) is 10.2 Å². The fourth-order valence-corrected chi connectivity index (χ4v) is 2.93. The number of hydrogen-bond donors (Lipinski definition) is 0. The Morgan fingerprint density at radius 1 is 1.30 bits per heavy atom. The van der Waals surface area contributed by atoms with E-state index in [1.807, 2.05) is 12.1 Å². The molecule has 1 aromatic heterocycles. The quantitative estimate of drug-likeness (QED) is 0.776. The highest BCUT2D eigenvalue weighted by Gasteiger charge is 2.29. The van der Waals surface area contributed by atoms with E-state index in [9.17, 15) is 8.42 Å². The van der Waals surface area contributed by atoms with Crippen molar-refractivity contribution in [3.05, 3.63) is 30.1 Å². The molecule has 9 heteroatoms. The number of rotatable bonds is 2. The van der Waals surface area contributed by atoms with E-state index >= 15 is 0 Å². The van der Waals surface area contributed by atoms with Gasteiger partial charge in [-0.2, -0.15) is 0 Å². The summed E-state index contributed by atoms with van der Waals surface area (Å²) in [6.07, 6.45) is -0.547. The Balaban J connectivity index is 1.95. The van der Waals surface area contributed by atoms with Crippen LogP contribution in [0.4, 0.5) is 0 Å². The Morgan fingerprint density at radius 3 is 2.65 bits per heavy atom. The van der Waals surface area contributed by atoms with E-state index in [0.717, 1.165) is 0 Å². The van der Waals surface area contributed by atoms with Gasteiger partial charge in [0.05, 0.1) is 0 Å². The molecule has 0 amide bonds. The maximum absolute atomic E-state index is 11.3. The Hall–Kier alpha value is -1.80. The first-order valence-corrected chi connectivity index (χ1v) is 8.00. The minimum atomic E-state index is -3.95. The molecule has 0 bridgehead atoms. The van der Waals surface area contributed by atoms with Crippen LogP contribution in [0.1, 0.15) is 11.9 Å². The van der Waals surface area contributed by atoms with Gasteiger partial charge in [-0.05, 0) is 12.1 Å². The second-order valence-corrected chi connectivity index (χ2v) is 6.66. The van der Waals surface area contributed by atoms with Crippen LogP contribution in [-0.4, -0.2) is 29.8 Å². The fourth-order valence-electron chi connectivity index (χ4n) is 1.97. The van der Waals surface area contributed by atoms with Crippen LogP contribution in [0.15, 0.2) is 29.4 Å². The van der Waals surface area contributed by atoms with E-state index in [-0.39, 0.29) is 11.8 Å². The summed E-state index contributed by atoms with van der Waals surface area (Å²) in [6.45, 7) is 0.214. The van der Waals surface area contributed by atoms with Crippen molar-refractivity contribution in [1.29, 1.82) is 0 Å². The molecule has 20 heavy (non-hydrogen) atoms. The third-order valence-electron chi connectivity index (χ3n) is 2.88. The van der Waals surface area contributed by atoms with Crippen LogP contribution in [0.3, 0.4) is 0 Å². The average molecular weight is 316 g/mol. The maximum Gasteiger partial charge on any atom is 0.296 e. The van der Waals surface area contributed by atoms with Crippen LogP contribution in [0.5, 0.6) is 11.5 Å². The first-order valence-electron chi connectivity index (χ1n) is 5.69. The van der Waals surface area contributed by atoms with Crippen molar-refractivity contribution in [3.63, 3.8) is 0 Å². The van der Waals surface area contributed by atoms with E-state index in [2.05, 4.69) is 10.2 Å². The van der Waals surface area contributed by atoms with Gasteiger partial charge < -0.3 is 14.0 Å². The summed E-state index contributed by atoms with van der Waals surface area (Å²) in [5.74, 6) is 1.54. The molecule has 0 saturated heterocycles. The molecule has 0 saturated carbocycles. The molecule has 106 valence electrons. The summed E-state index contributed by atoms with van der Waals surface area (Å²) in [4.78, 5) is 0. The molecule has 3 rings (SSSR count). The van der Waals surface area contributed by atoms with Crippen molar-refractivity contribution >= 4 is 19.7 Å². The number of nitrogens with zero attached hydrogens (tertiary/aromatic N) is 3. The third kappa shape index (κ3) is 2.20. The maximum atomic E-state index is 11.3. The lowest BCUT2D eigenvalue weighted by Crippen LogP contribution is -2.24. The molecular formula is C11H10ClN3O4S. The lowest BCUT2D eigenvalue weighted by molar-refractivity contribution is 0.0825. The molecule has 0 spiro atoms. The second kappa shape index (κ2) is 4.64. The second-order valence-electron chi connectivity index (χ2n) is 4.20. The van der Waals surface area contributed by atoms with Gasteiger partial charge in [0.15, 0.2) is 23.4 Å². The van der Waals surface area contributed by atoms with Crippen LogP contribution < -0.4 is 9.47 Å². The fraction of sp³-hybridized carbons (Fsp3) is 0.273. The number of hydrogen-bond acceptors (Lipinski definition) is 6. The Kier molecular flexibility index (Phi) is 3.06. The summed E-state index contributed by atoms with van der Waals surface area (Å²) in [6, 6.07) is 7.20. The Bertz CT molecular complexity index is 759. The van der Waals surface area contributed by atoms with Crippen molar-refractivity contribution in [2.45, 2.75) is 11.3 Å². The Morgan fingerprint density at radius 2 is 2.00 bits per heavy atom. The van der Waals surface area contributed by atoms with E-state index < -0.39 is 15.2 Å². The van der Waals surface area contributed by atoms with Gasteiger partial charge in [0.1, 0.15) is 6.61 Å². The van der Waals surface area contributed by atoms with Crippen LogP contribution in [-0.2, 0) is 16.1 Å². The third-order valence-corrected chi connectivity index (χ3v) is 4.09. The van der Waals surface area contributed by atoms with Crippen molar-refractivity contribution in [2.24, 2.45) is 7.05 Å². The summed E-state index contributed by atoms with van der Waals surface area (Å²) >= 11 is 0. The highest BCUT2D eigenvalue weighted by atomic mass is 35.7. The molecule has 2 heterocycles. The molecule has 7 nitrogen and oxygen atoms in total. The van der Waals surface area contributed by atoms with Crippen molar-refractivity contribution in [1.82, 2.24) is 14.8 Å². The zero-order valence-electron chi connectivity index (χ0n) is 10.4. The molecule has 0 N–H and O–H groups in total. The summed E-state index contributed by atoms with van der Waals surface area (Å²) < 4.78 is 35.2. The van der Waals surface area contributed by atoms with Crippen LogP contribution in [0, 0.1) is 0 Å². The molecular weight excluding hydrogens is 306 g/mol. The van der Waals surface area contributed by atoms with Crippen molar-refractivity contribution < 1.29 is 17.9 Å². The highest BCUT2D eigenvalue weighted by Crippen LogP contribution is 2.35. The van der Waals surface area contributed by atoms with Gasteiger partial charge in [0.25, 0.3) is 14.2 Å². The molecule has 1 aromatic carbocycles. The molecule has 1 aliphatic heterocycles. The molecule has 0 radical (unpaired) electrons. The molecule has 1 aliphatic rings. The van der Waals surface area contributed by atoms with Gasteiger partial charge >= 0.3 is 0 Å². The predicted octanol–water partition coefficient (Wildman–Crippen LogP) is 1.26. The molecule has 0 fully saturated rings. The zero-order chi connectivity index (χ0) is 14.3. The number of para-hydroxylation sites is 2. The number of aromatic nitrogens is 3. The van der Waals surface area contributed by atoms with E-state index in [1.54, 1.807) is 12.1 Å². The van der Waals surface area contributed by atoms with Crippen LogP contribution >= 0.6 is 10.7 Å². The number of fused-ring (bicyclic) bond motifs is 1. The summed E-state index contributed by atoms with van der Waals surface area (Å²) in [5, 5.41) is 7.08. The normalized spacial score (nSPS) is 18.0. The first kappa shape index (κ1) is 13.2. The SMILES string of the molecule is Cn1c(C2COc3ccccc3O2)nnc1S(=O)(=O)Cl. The largest absolute Gasteiger partial charge is 0.485 e. The first-order chi connectivity index (χ1) is 9.47. The van der Waals surface area contributed by atoms with E-state index in [0.29, 0.717) is 17.3 Å². The average Bonchev–Trinajstić information content (AvgIpc) is 2.80. The van der Waals surface area contributed by atoms with Crippen molar-refractivity contribution in [2.75, 3.05) is 6.61 Å². The molecule has 2 aromatic rings. The minimum absolute atomic E-state index is 0.214. The van der Waals surface area contributed by atoms with Crippen LogP contribution in [0.2, 0.25) is 0 Å². The monoisotopic (exact) mass is 315 g/mol. The molecule has 0 aliphatic carbocycles. The van der Waals surface area contributed by atoms with Crippen molar-refractivity contribution in [3.8, 4) is 11.5 Å². The van der Waals surface area contributed by atoms with Crippen LogP contribution in [0.25, 0.3) is 0 Å². The van der Waals surface area contributed by atoms with Gasteiger partial charge in [0.2, 0.25) is 0 Å². The number of ether oxygens (including phenoxy) is 2. The Labute approximate surface area is 119 Å². The van der Waals surface area contributed by atoms with Gasteiger partial charge in [-0.1, -0.05) is 12.1 Å². The smallest absolute Gasteiger partial charge is 0.296 e. The number of benzene rings is 1. The predicted molar refractivity (Wildman–Crippen MR) is 69.3 cm³/mol. The number of halogens is 1. The van der Waals surface area contributed by atoms with Gasteiger partial charge in [-0.3, -0.25) is 0 Å². The summed E-state index contributed by atoms with van der Waals surface area (Å²) in [5.41, 5.74) is 0. The van der Waals surface area contributed by atoms with E-state index in [1.165, 1.54) is 11.6 Å². The van der Waals surface area contributed by atoms with Gasteiger partial charge in [0, 0.05) is 17.7 Å².